The molecular weight excluding hydrogens is 696 g/mol. The Morgan fingerprint density at radius 2 is 1.08 bits per heavy atom. The molecule has 2 aromatic rings. The second-order valence-electron chi connectivity index (χ2n) is 10.4. The SMILES string of the molecule is CCCCCCP(CCCCCC)C1=Cc2ccccc2[CH]1[Hf+2][CH]1C(P(C)C)=Cc2ccccc21.[Cl-].[Cl-]. The Bertz CT molecular complexity index is 1020. The maximum absolute atomic E-state index is 2.70. The van der Waals surface area contributed by atoms with Crippen LogP contribution in [0.15, 0.2) is 59.2 Å². The predicted octanol–water partition coefficient (Wildman–Crippen LogP) is 4.65. The van der Waals surface area contributed by atoms with E-state index >= 15 is 0 Å². The van der Waals surface area contributed by atoms with E-state index in [9.17, 15) is 0 Å². The maximum Gasteiger partial charge on any atom is -1.00 e. The minimum atomic E-state index is -1.07. The second-order valence-corrected chi connectivity index (χ2v) is 20.6. The van der Waals surface area contributed by atoms with Crippen LogP contribution in [0.1, 0.15) is 94.8 Å². The molecule has 0 N–H and O–H groups in total. The van der Waals surface area contributed by atoms with Gasteiger partial charge in [0.25, 0.3) is 0 Å². The average Bonchev–Trinajstić information content (AvgIpc) is 3.42. The van der Waals surface area contributed by atoms with Crippen LogP contribution in [0, 0.1) is 0 Å². The Kier molecular flexibility index (Phi) is 15.5. The van der Waals surface area contributed by atoms with Crippen LogP contribution in [-0.2, 0) is 22.9 Å². The van der Waals surface area contributed by atoms with Gasteiger partial charge in [0.05, 0.1) is 0 Å². The summed E-state index contributed by atoms with van der Waals surface area (Å²) in [4.78, 5) is 0. The van der Waals surface area contributed by atoms with Crippen LogP contribution in [-0.4, -0.2) is 25.7 Å². The number of rotatable bonds is 14. The molecule has 5 heteroatoms. The third kappa shape index (κ3) is 8.61. The molecule has 0 nitrogen and oxygen atoms in total. The molecule has 4 rings (SSSR count). The molecule has 0 aliphatic heterocycles. The van der Waals surface area contributed by atoms with Gasteiger partial charge in [0.15, 0.2) is 0 Å². The quantitative estimate of drug-likeness (QED) is 0.151. The molecule has 2 aliphatic rings. The summed E-state index contributed by atoms with van der Waals surface area (Å²) in [5.74, 6) is 0. The number of unbranched alkanes of at least 4 members (excludes halogenated alkanes) is 6. The molecule has 0 saturated heterocycles. The molecule has 37 heavy (non-hydrogen) atoms. The van der Waals surface area contributed by atoms with Gasteiger partial charge in [-0.2, -0.15) is 0 Å². The average molecular weight is 740 g/mol. The summed E-state index contributed by atoms with van der Waals surface area (Å²) >= 11 is -1.07. The molecule has 2 atom stereocenters. The largest absolute Gasteiger partial charge is 1.00 e. The van der Waals surface area contributed by atoms with E-state index in [1.54, 1.807) is 22.0 Å². The van der Waals surface area contributed by atoms with Gasteiger partial charge in [-0.25, -0.2) is 0 Å². The van der Waals surface area contributed by atoms with E-state index in [0.717, 1.165) is 7.35 Å². The van der Waals surface area contributed by atoms with Gasteiger partial charge in [-0.1, -0.05) is 0 Å². The van der Waals surface area contributed by atoms with Gasteiger partial charge >= 0.3 is 231 Å². The molecule has 0 amide bonds. The van der Waals surface area contributed by atoms with Crippen molar-refractivity contribution in [1.82, 2.24) is 0 Å². The monoisotopic (exact) mass is 740 g/mol. The fourth-order valence-corrected chi connectivity index (χ4v) is 21.6. The topological polar surface area (TPSA) is 0 Å². The molecule has 0 saturated carbocycles. The Hall–Kier alpha value is 0.230. The zero-order valence-corrected chi connectivity index (χ0v) is 30.0. The van der Waals surface area contributed by atoms with Crippen molar-refractivity contribution >= 4 is 28.0 Å². The molecule has 2 aromatic carbocycles. The van der Waals surface area contributed by atoms with Gasteiger partial charge in [-0.05, 0) is 0 Å². The molecule has 200 valence electrons. The van der Waals surface area contributed by atoms with Crippen LogP contribution in [0.5, 0.6) is 0 Å². The van der Waals surface area contributed by atoms with E-state index in [1.165, 1.54) is 69.3 Å². The summed E-state index contributed by atoms with van der Waals surface area (Å²) in [7, 11) is -0.0383. The first-order valence-electron chi connectivity index (χ1n) is 13.9. The zero-order chi connectivity index (χ0) is 24.6. The van der Waals surface area contributed by atoms with Crippen molar-refractivity contribution in [2.75, 3.05) is 25.7 Å². The minimum Gasteiger partial charge on any atom is -1.00 e. The number of allylic oxidation sites excluding steroid dienone is 2. The van der Waals surface area contributed by atoms with E-state index < -0.39 is 22.9 Å². The smallest absolute Gasteiger partial charge is 1.00 e. The van der Waals surface area contributed by atoms with Crippen molar-refractivity contribution in [1.29, 1.82) is 0 Å². The normalized spacial score (nSPS) is 17.5. The van der Waals surface area contributed by atoms with E-state index in [0.29, 0.717) is 0 Å². The summed E-state index contributed by atoms with van der Waals surface area (Å²) in [6.07, 6.45) is 19.5. The first-order valence-corrected chi connectivity index (χ1v) is 22.0. The van der Waals surface area contributed by atoms with Crippen molar-refractivity contribution in [2.24, 2.45) is 0 Å². The number of hydrogen-bond acceptors (Lipinski definition) is 0. The van der Waals surface area contributed by atoms with Crippen molar-refractivity contribution in [3.63, 3.8) is 0 Å². The first-order chi connectivity index (χ1) is 17.1. The molecule has 0 radical (unpaired) electrons. The van der Waals surface area contributed by atoms with E-state index in [4.69, 9.17) is 0 Å². The van der Waals surface area contributed by atoms with Crippen LogP contribution in [0.4, 0.5) is 0 Å². The second kappa shape index (κ2) is 17.1. The summed E-state index contributed by atoms with van der Waals surface area (Å²) in [6, 6.07) is 18.8. The standard InChI is InChI=1S/C21H32P.C11H12P.2ClH.Hf/c1-3-5-7-11-15-22(16-12-8-6-4-2)21-17-19-13-9-10-14-20(19)18-21;1-12(2)11-7-9-5-3-4-6-10(9)8-11;;;/h9-10,13-14,17-18H,3-8,11-12,15-16H2,1-2H3;3-8H,1-2H3;2*1H;/q;;;;+2/p-2. The Balaban J connectivity index is 0.00000241. The Morgan fingerprint density at radius 3 is 1.57 bits per heavy atom. The van der Waals surface area contributed by atoms with Crippen LogP contribution < -0.4 is 24.8 Å². The van der Waals surface area contributed by atoms with Crippen molar-refractivity contribution < 1.29 is 47.7 Å². The van der Waals surface area contributed by atoms with Crippen LogP contribution >= 0.6 is 15.8 Å². The van der Waals surface area contributed by atoms with E-state index in [2.05, 4.69) is 87.9 Å². The third-order valence-electron chi connectivity index (χ3n) is 7.59. The van der Waals surface area contributed by atoms with Gasteiger partial charge < -0.3 is 24.8 Å². The fourth-order valence-electron chi connectivity index (χ4n) is 5.62. The Labute approximate surface area is 253 Å². The minimum absolute atomic E-state index is 0. The Morgan fingerprint density at radius 1 is 0.622 bits per heavy atom. The molecule has 0 bridgehead atoms. The predicted molar refractivity (Wildman–Crippen MR) is 158 cm³/mol. The van der Waals surface area contributed by atoms with E-state index in [-0.39, 0.29) is 40.7 Å². The van der Waals surface area contributed by atoms with Crippen LogP contribution in [0.2, 0.25) is 0 Å². The number of fused-ring (bicyclic) bond motifs is 2. The van der Waals surface area contributed by atoms with Gasteiger partial charge in [-0.15, -0.1) is 0 Å². The van der Waals surface area contributed by atoms with Gasteiger partial charge in [-0.3, -0.25) is 0 Å². The fraction of sp³-hybridized carbons (Fsp3) is 0.500. The van der Waals surface area contributed by atoms with Crippen LogP contribution in [0.25, 0.3) is 12.2 Å². The summed E-state index contributed by atoms with van der Waals surface area (Å²) in [6.45, 7) is 9.65. The number of hydrogen-bond donors (Lipinski definition) is 0. The molecular formula is C32H44Cl2HfP2. The number of benzene rings is 2. The molecule has 0 heterocycles. The summed E-state index contributed by atoms with van der Waals surface area (Å²) < 4.78 is 1.58. The zero-order valence-electron chi connectivity index (χ0n) is 23.1. The molecule has 0 fully saturated rings. The maximum atomic E-state index is 2.70. The molecule has 0 aromatic heterocycles. The summed E-state index contributed by atoms with van der Waals surface area (Å²) in [5.41, 5.74) is 6.44. The molecule has 0 spiro atoms. The third-order valence-corrected chi connectivity index (χ3v) is 20.5. The number of halogens is 2. The van der Waals surface area contributed by atoms with Crippen molar-refractivity contribution in [2.45, 2.75) is 72.6 Å². The first kappa shape index (κ1) is 33.4. The summed E-state index contributed by atoms with van der Waals surface area (Å²) in [5, 5.41) is 3.71. The van der Waals surface area contributed by atoms with Crippen molar-refractivity contribution in [3.8, 4) is 0 Å². The van der Waals surface area contributed by atoms with Crippen molar-refractivity contribution in [3.05, 3.63) is 81.4 Å². The van der Waals surface area contributed by atoms with Crippen LogP contribution in [0.3, 0.4) is 0 Å². The van der Waals surface area contributed by atoms with E-state index in [1.807, 2.05) is 5.31 Å². The molecule has 2 aliphatic carbocycles. The van der Waals surface area contributed by atoms with Gasteiger partial charge in [0.2, 0.25) is 0 Å². The van der Waals surface area contributed by atoms with Gasteiger partial charge in [0.1, 0.15) is 0 Å². The molecule has 2 unspecified atom stereocenters. The van der Waals surface area contributed by atoms with Gasteiger partial charge in [0, 0.05) is 0 Å².